The van der Waals surface area contributed by atoms with Crippen LogP contribution in [0.15, 0.2) is 24.4 Å². The van der Waals surface area contributed by atoms with Gasteiger partial charge in [-0.1, -0.05) is 18.2 Å². The van der Waals surface area contributed by atoms with Crippen LogP contribution < -0.4 is 16.0 Å². The maximum atomic E-state index is 13.2. The van der Waals surface area contributed by atoms with Crippen molar-refractivity contribution in [1.29, 1.82) is 0 Å². The average molecular weight is 440 g/mol. The predicted octanol–water partition coefficient (Wildman–Crippen LogP) is 1.98. The number of nitrogens with one attached hydrogen (secondary N) is 3. The lowest BCUT2D eigenvalue weighted by Crippen LogP contribution is -2.52. The highest BCUT2D eigenvalue weighted by Gasteiger charge is 2.39. The van der Waals surface area contributed by atoms with E-state index >= 15 is 0 Å². The lowest BCUT2D eigenvalue weighted by atomic mass is 9.97. The number of nitrogens with zero attached hydrogens (tertiary/aromatic N) is 2. The van der Waals surface area contributed by atoms with Gasteiger partial charge in [0.05, 0.1) is 0 Å². The molecule has 3 amide bonds. The van der Waals surface area contributed by atoms with Gasteiger partial charge in [0.15, 0.2) is 5.13 Å². The van der Waals surface area contributed by atoms with E-state index < -0.39 is 6.04 Å². The normalized spacial score (nSPS) is 21.9. The van der Waals surface area contributed by atoms with Crippen molar-refractivity contribution >= 4 is 34.2 Å². The Labute approximate surface area is 184 Å². The minimum atomic E-state index is -0.593. The van der Waals surface area contributed by atoms with Crippen molar-refractivity contribution in [3.05, 3.63) is 46.0 Å². The summed E-state index contributed by atoms with van der Waals surface area (Å²) in [6, 6.07) is 5.23. The fourth-order valence-corrected chi connectivity index (χ4v) is 5.65. The van der Waals surface area contributed by atoms with Crippen LogP contribution in [0.2, 0.25) is 0 Å². The van der Waals surface area contributed by atoms with Gasteiger partial charge in [-0.3, -0.25) is 19.7 Å². The van der Waals surface area contributed by atoms with Crippen LogP contribution >= 0.6 is 11.3 Å². The van der Waals surface area contributed by atoms with Crippen molar-refractivity contribution in [2.24, 2.45) is 0 Å². The van der Waals surface area contributed by atoms with Crippen molar-refractivity contribution in [2.45, 2.75) is 50.7 Å². The highest BCUT2D eigenvalue weighted by Crippen LogP contribution is 2.33. The molecule has 2 saturated heterocycles. The molecule has 1 atom stereocenters. The van der Waals surface area contributed by atoms with Crippen LogP contribution in [0.5, 0.6) is 0 Å². The molecule has 1 aromatic heterocycles. The molecule has 0 saturated carbocycles. The Kier molecular flexibility index (Phi) is 5.45. The van der Waals surface area contributed by atoms with Crippen LogP contribution in [-0.2, 0) is 22.7 Å². The van der Waals surface area contributed by atoms with Gasteiger partial charge in [-0.25, -0.2) is 4.98 Å². The maximum Gasteiger partial charge on any atom is 0.255 e. The molecule has 0 aliphatic carbocycles. The minimum absolute atomic E-state index is 0.142. The molecule has 2 aromatic rings. The van der Waals surface area contributed by atoms with Crippen molar-refractivity contribution in [1.82, 2.24) is 20.5 Å². The van der Waals surface area contributed by atoms with Crippen molar-refractivity contribution in [3.8, 4) is 0 Å². The standard InChI is InChI=1S/C22H25N5O3S/c28-18-5-4-16(20(29)26-18)27-12-15-3-1-2-14(19(15)21(27)30)10-24-22-25-11-17(31-22)13-6-8-23-9-7-13/h1-3,11,13,16,23H,4-10,12H2,(H,24,25)(H,26,28,29). The van der Waals surface area contributed by atoms with Crippen LogP contribution in [0, 0.1) is 0 Å². The Morgan fingerprint density at radius 3 is 2.81 bits per heavy atom. The number of carbonyl (C=O) groups is 3. The third-order valence-corrected chi connectivity index (χ3v) is 7.45. The Morgan fingerprint density at radius 1 is 1.16 bits per heavy atom. The summed E-state index contributed by atoms with van der Waals surface area (Å²) >= 11 is 1.69. The van der Waals surface area contributed by atoms with Crippen LogP contribution in [-0.4, -0.2) is 46.7 Å². The van der Waals surface area contributed by atoms with Gasteiger partial charge in [0.25, 0.3) is 5.91 Å². The van der Waals surface area contributed by atoms with Crippen LogP contribution in [0.1, 0.15) is 58.0 Å². The Bertz CT molecular complexity index is 1030. The second-order valence-corrected chi connectivity index (χ2v) is 9.36. The minimum Gasteiger partial charge on any atom is -0.357 e. The fraction of sp³-hybridized carbons (Fsp3) is 0.455. The van der Waals surface area contributed by atoms with E-state index in [0.717, 1.165) is 42.2 Å². The van der Waals surface area contributed by atoms with E-state index in [2.05, 4.69) is 20.9 Å². The molecule has 2 fully saturated rings. The first-order valence-electron chi connectivity index (χ1n) is 10.8. The lowest BCUT2D eigenvalue weighted by Gasteiger charge is -2.29. The van der Waals surface area contributed by atoms with E-state index in [1.165, 1.54) is 4.88 Å². The molecule has 0 spiro atoms. The largest absolute Gasteiger partial charge is 0.357 e. The van der Waals surface area contributed by atoms with Crippen molar-refractivity contribution < 1.29 is 14.4 Å². The Balaban J connectivity index is 1.28. The first-order chi connectivity index (χ1) is 15.1. The van der Waals surface area contributed by atoms with Crippen LogP contribution in [0.3, 0.4) is 0 Å². The topological polar surface area (TPSA) is 103 Å². The number of anilines is 1. The number of aromatic nitrogens is 1. The zero-order chi connectivity index (χ0) is 21.4. The van der Waals surface area contributed by atoms with Gasteiger partial charge < -0.3 is 15.5 Å². The van der Waals surface area contributed by atoms with E-state index in [0.29, 0.717) is 31.0 Å². The summed E-state index contributed by atoms with van der Waals surface area (Å²) in [6.07, 6.45) is 4.87. The van der Waals surface area contributed by atoms with Gasteiger partial charge in [0, 0.05) is 36.1 Å². The summed E-state index contributed by atoms with van der Waals surface area (Å²) < 4.78 is 0. The molecule has 9 heteroatoms. The highest BCUT2D eigenvalue weighted by molar-refractivity contribution is 7.15. The summed E-state index contributed by atoms with van der Waals surface area (Å²) in [5.41, 5.74) is 2.48. The van der Waals surface area contributed by atoms with Gasteiger partial charge in [-0.2, -0.15) is 0 Å². The zero-order valence-electron chi connectivity index (χ0n) is 17.1. The summed E-state index contributed by atoms with van der Waals surface area (Å²) in [5, 5.41) is 9.97. The van der Waals surface area contributed by atoms with Crippen molar-refractivity contribution in [3.63, 3.8) is 0 Å². The molecule has 31 heavy (non-hydrogen) atoms. The van der Waals surface area contributed by atoms with Gasteiger partial charge >= 0.3 is 0 Å². The number of fused-ring (bicyclic) bond motifs is 1. The molecule has 3 aliphatic heterocycles. The molecule has 1 aromatic carbocycles. The molecular weight excluding hydrogens is 414 g/mol. The zero-order valence-corrected chi connectivity index (χ0v) is 18.0. The third kappa shape index (κ3) is 3.95. The number of hydrogen-bond donors (Lipinski definition) is 3. The molecule has 4 heterocycles. The molecule has 8 nitrogen and oxygen atoms in total. The second-order valence-electron chi connectivity index (χ2n) is 8.30. The van der Waals surface area contributed by atoms with Crippen LogP contribution in [0.25, 0.3) is 0 Å². The molecule has 3 N–H and O–H groups in total. The lowest BCUT2D eigenvalue weighted by molar-refractivity contribution is -0.136. The number of amides is 3. The summed E-state index contributed by atoms with van der Waals surface area (Å²) in [4.78, 5) is 44.3. The maximum absolute atomic E-state index is 13.2. The van der Waals surface area contributed by atoms with Crippen molar-refractivity contribution in [2.75, 3.05) is 18.4 Å². The smallest absolute Gasteiger partial charge is 0.255 e. The molecule has 0 bridgehead atoms. The van der Waals surface area contributed by atoms with Gasteiger partial charge in [0.2, 0.25) is 11.8 Å². The van der Waals surface area contributed by atoms with E-state index in [-0.39, 0.29) is 24.1 Å². The quantitative estimate of drug-likeness (QED) is 0.616. The Hall–Kier alpha value is -2.78. The SMILES string of the molecule is O=C1CCC(N2Cc3cccc(CNc4ncc(C5CCNCC5)s4)c3C2=O)C(=O)N1. The molecule has 5 rings (SSSR count). The van der Waals surface area contributed by atoms with Gasteiger partial charge in [0.1, 0.15) is 6.04 Å². The summed E-state index contributed by atoms with van der Waals surface area (Å²) in [5.74, 6) is -0.233. The number of piperidine rings is 2. The number of imide groups is 1. The summed E-state index contributed by atoms with van der Waals surface area (Å²) in [6.45, 7) is 2.99. The second kappa shape index (κ2) is 8.39. The van der Waals surface area contributed by atoms with Crippen LogP contribution in [0.4, 0.5) is 5.13 Å². The molecular formula is C22H25N5O3S. The number of benzene rings is 1. The van der Waals surface area contributed by atoms with Gasteiger partial charge in [-0.05, 0) is 49.4 Å². The third-order valence-electron chi connectivity index (χ3n) is 6.33. The fourth-order valence-electron chi connectivity index (χ4n) is 4.67. The predicted molar refractivity (Wildman–Crippen MR) is 117 cm³/mol. The van der Waals surface area contributed by atoms with E-state index in [9.17, 15) is 14.4 Å². The number of hydrogen-bond acceptors (Lipinski definition) is 7. The molecule has 0 radical (unpaired) electrons. The molecule has 162 valence electrons. The highest BCUT2D eigenvalue weighted by atomic mass is 32.1. The van der Waals surface area contributed by atoms with E-state index in [4.69, 9.17) is 0 Å². The monoisotopic (exact) mass is 439 g/mol. The average Bonchev–Trinajstić information content (AvgIpc) is 3.38. The van der Waals surface area contributed by atoms with E-state index in [1.54, 1.807) is 16.2 Å². The summed E-state index contributed by atoms with van der Waals surface area (Å²) in [7, 11) is 0. The number of carbonyl (C=O) groups excluding carboxylic acids is 3. The molecule has 1 unspecified atom stereocenters. The Morgan fingerprint density at radius 2 is 2.00 bits per heavy atom. The molecule has 3 aliphatic rings. The van der Waals surface area contributed by atoms with Gasteiger partial charge in [-0.15, -0.1) is 11.3 Å². The van der Waals surface area contributed by atoms with E-state index in [1.807, 2.05) is 24.4 Å². The number of thiazole rings is 1. The first-order valence-corrected chi connectivity index (χ1v) is 11.6. The number of rotatable bonds is 5. The first kappa shape index (κ1) is 20.1.